The van der Waals surface area contributed by atoms with E-state index in [2.05, 4.69) is 67.0 Å². The molecule has 12 heteroatoms. The summed E-state index contributed by atoms with van der Waals surface area (Å²) in [5, 5.41) is 8.90. The van der Waals surface area contributed by atoms with Gasteiger partial charge in [0, 0.05) is 12.8 Å². The van der Waals surface area contributed by atoms with Crippen LogP contribution >= 0.6 is 7.82 Å². The summed E-state index contributed by atoms with van der Waals surface area (Å²) in [5.41, 5.74) is 5.34. The molecule has 0 radical (unpaired) electrons. The molecule has 0 saturated heterocycles. The van der Waals surface area contributed by atoms with Gasteiger partial charge in [-0.15, -0.1) is 0 Å². The Bertz CT molecular complexity index is 1190. The maximum atomic E-state index is 12.6. The van der Waals surface area contributed by atoms with Crippen molar-refractivity contribution in [2.24, 2.45) is 5.73 Å². The van der Waals surface area contributed by atoms with Crippen molar-refractivity contribution < 1.29 is 47.5 Å². The summed E-state index contributed by atoms with van der Waals surface area (Å²) in [5.74, 6) is -2.40. The third-order valence-electron chi connectivity index (χ3n) is 9.84. The molecule has 0 aliphatic carbocycles. The van der Waals surface area contributed by atoms with E-state index in [1.165, 1.54) is 89.9 Å². The number of carboxylic acids is 1. The van der Waals surface area contributed by atoms with Crippen LogP contribution in [-0.4, -0.2) is 59.9 Å². The molecule has 59 heavy (non-hydrogen) atoms. The first-order chi connectivity index (χ1) is 28.6. The fourth-order valence-corrected chi connectivity index (χ4v) is 7.01. The van der Waals surface area contributed by atoms with Gasteiger partial charge >= 0.3 is 25.7 Å². The fraction of sp³-hybridized carbons (Fsp3) is 0.766. The lowest BCUT2D eigenvalue weighted by atomic mass is 10.0. The highest BCUT2D eigenvalue weighted by atomic mass is 31.2. The number of carbonyl (C=O) groups excluding carboxylic acids is 2. The van der Waals surface area contributed by atoms with E-state index in [9.17, 15) is 23.8 Å². The number of phosphoric ester groups is 1. The van der Waals surface area contributed by atoms with Crippen molar-refractivity contribution in [1.29, 1.82) is 0 Å². The van der Waals surface area contributed by atoms with Crippen molar-refractivity contribution >= 4 is 25.7 Å². The molecule has 0 amide bonds. The second-order valence-corrected chi connectivity index (χ2v) is 17.0. The van der Waals surface area contributed by atoms with Crippen LogP contribution in [0.5, 0.6) is 0 Å². The maximum Gasteiger partial charge on any atom is 0.472 e. The van der Waals surface area contributed by atoms with E-state index < -0.39 is 51.1 Å². The van der Waals surface area contributed by atoms with Crippen LogP contribution in [0.25, 0.3) is 0 Å². The Labute approximate surface area is 358 Å². The second-order valence-electron chi connectivity index (χ2n) is 15.5. The van der Waals surface area contributed by atoms with Crippen LogP contribution in [0.2, 0.25) is 0 Å². The highest BCUT2D eigenvalue weighted by Gasteiger charge is 2.28. The number of nitrogens with two attached hydrogens (primary N) is 1. The van der Waals surface area contributed by atoms with Gasteiger partial charge in [0.25, 0.3) is 0 Å². The predicted octanol–water partition coefficient (Wildman–Crippen LogP) is 12.6. The van der Waals surface area contributed by atoms with Crippen molar-refractivity contribution in [3.63, 3.8) is 0 Å². The van der Waals surface area contributed by atoms with Crippen LogP contribution in [0, 0.1) is 0 Å². The number of carbonyl (C=O) groups is 3. The number of unbranched alkanes of at least 4 members (excludes halogenated alkanes) is 21. The van der Waals surface area contributed by atoms with Gasteiger partial charge in [-0.3, -0.25) is 23.4 Å². The van der Waals surface area contributed by atoms with Crippen LogP contribution < -0.4 is 5.73 Å². The predicted molar refractivity (Wildman–Crippen MR) is 240 cm³/mol. The fourth-order valence-electron chi connectivity index (χ4n) is 6.23. The Morgan fingerprint density at radius 2 is 0.949 bits per heavy atom. The zero-order valence-electron chi connectivity index (χ0n) is 37.1. The zero-order valence-corrected chi connectivity index (χ0v) is 38.0. The first-order valence-corrected chi connectivity index (χ1v) is 24.7. The van der Waals surface area contributed by atoms with Crippen molar-refractivity contribution in [3.05, 3.63) is 48.6 Å². The number of allylic oxidation sites excluding steroid dienone is 8. The molecule has 0 aromatic heterocycles. The summed E-state index contributed by atoms with van der Waals surface area (Å²) in [6.07, 6.45) is 47.4. The van der Waals surface area contributed by atoms with Gasteiger partial charge in [-0.05, 0) is 51.4 Å². The SMILES string of the molecule is CC/C=C\C/C=C\C/C=C\C/C=C\CCCCCCC(=O)OC(COC(=O)CCCCCCCCCCCCCCCCCCCC)COP(=O)(O)OCC(N)C(=O)O. The van der Waals surface area contributed by atoms with Crippen molar-refractivity contribution in [3.8, 4) is 0 Å². The van der Waals surface area contributed by atoms with E-state index in [1.54, 1.807) is 0 Å². The van der Waals surface area contributed by atoms with E-state index in [-0.39, 0.29) is 19.4 Å². The normalized spacial score (nSPS) is 14.1. The van der Waals surface area contributed by atoms with E-state index >= 15 is 0 Å². The highest BCUT2D eigenvalue weighted by molar-refractivity contribution is 7.47. The van der Waals surface area contributed by atoms with Crippen LogP contribution in [0.15, 0.2) is 48.6 Å². The Hall–Kier alpha value is -2.56. The summed E-state index contributed by atoms with van der Waals surface area (Å²) >= 11 is 0. The quantitative estimate of drug-likeness (QED) is 0.0231. The van der Waals surface area contributed by atoms with Gasteiger partial charge in [0.05, 0.1) is 13.2 Å². The van der Waals surface area contributed by atoms with E-state index in [0.29, 0.717) is 12.8 Å². The monoisotopic (exact) mass is 854 g/mol. The number of aliphatic carboxylic acids is 1. The molecular weight excluding hydrogens is 769 g/mol. The zero-order chi connectivity index (χ0) is 43.5. The largest absolute Gasteiger partial charge is 0.480 e. The molecule has 0 aliphatic rings. The van der Waals surface area contributed by atoms with Crippen molar-refractivity contribution in [2.75, 3.05) is 19.8 Å². The Morgan fingerprint density at radius 1 is 0.542 bits per heavy atom. The summed E-state index contributed by atoms with van der Waals surface area (Å²) < 4.78 is 32.7. The number of phosphoric acid groups is 1. The molecule has 0 saturated carbocycles. The number of hydrogen-bond donors (Lipinski definition) is 3. The molecular formula is C47H84NO10P. The minimum Gasteiger partial charge on any atom is -0.480 e. The van der Waals surface area contributed by atoms with Gasteiger partial charge in [0.2, 0.25) is 0 Å². The molecule has 11 nitrogen and oxygen atoms in total. The third kappa shape index (κ3) is 41.9. The minimum absolute atomic E-state index is 0.133. The highest BCUT2D eigenvalue weighted by Crippen LogP contribution is 2.43. The average Bonchev–Trinajstić information content (AvgIpc) is 3.21. The minimum atomic E-state index is -4.72. The molecule has 0 rings (SSSR count). The first-order valence-electron chi connectivity index (χ1n) is 23.2. The molecule has 0 spiro atoms. The van der Waals surface area contributed by atoms with Gasteiger partial charge in [0.1, 0.15) is 12.6 Å². The van der Waals surface area contributed by atoms with Gasteiger partial charge in [-0.25, -0.2) is 4.57 Å². The molecule has 0 aromatic rings. The van der Waals surface area contributed by atoms with E-state index in [1.807, 2.05) is 0 Å². The number of hydrogen-bond acceptors (Lipinski definition) is 9. The molecule has 0 aromatic carbocycles. The lowest BCUT2D eigenvalue weighted by Crippen LogP contribution is -2.34. The number of carboxylic acid groups (broad SMARTS) is 1. The van der Waals surface area contributed by atoms with E-state index in [0.717, 1.165) is 70.6 Å². The topological polar surface area (TPSA) is 172 Å². The van der Waals surface area contributed by atoms with Gasteiger partial charge in [-0.2, -0.15) is 0 Å². The van der Waals surface area contributed by atoms with Crippen LogP contribution in [-0.2, 0) is 37.5 Å². The number of esters is 2. The van der Waals surface area contributed by atoms with Gasteiger partial charge < -0.3 is 25.2 Å². The van der Waals surface area contributed by atoms with Crippen molar-refractivity contribution in [2.45, 2.75) is 212 Å². The second kappa shape index (κ2) is 42.1. The Balaban J connectivity index is 4.34. The first kappa shape index (κ1) is 56.4. The van der Waals surface area contributed by atoms with Crippen LogP contribution in [0.4, 0.5) is 0 Å². The molecule has 0 fully saturated rings. The Morgan fingerprint density at radius 3 is 1.42 bits per heavy atom. The molecule has 4 N–H and O–H groups in total. The molecule has 0 heterocycles. The lowest BCUT2D eigenvalue weighted by molar-refractivity contribution is -0.161. The van der Waals surface area contributed by atoms with Crippen LogP contribution in [0.1, 0.15) is 200 Å². The molecule has 342 valence electrons. The van der Waals surface area contributed by atoms with Gasteiger partial charge in [-0.1, -0.05) is 184 Å². The standard InChI is InChI=1S/C47H84NO10P/c1-3-5-7-9-11-13-15-17-19-21-23-24-26-28-30-32-34-36-38-45(49)55-40-43(41-56-59(53,54)57-42-44(48)47(51)52)58-46(50)39-37-35-33-31-29-27-25-22-20-18-16-14-12-10-8-6-4-2/h6,8,12,14,18,20,25,27,43-44H,3-5,7,9-11,13,15-17,19,21-24,26,28-42,48H2,1-2H3,(H,51,52)(H,53,54)/b8-6-,14-12-,20-18-,27-25-. The van der Waals surface area contributed by atoms with Gasteiger partial charge in [0.15, 0.2) is 6.10 Å². The number of ether oxygens (including phenoxy) is 2. The maximum absolute atomic E-state index is 12.6. The summed E-state index contributed by atoms with van der Waals surface area (Å²) in [7, 11) is -4.72. The summed E-state index contributed by atoms with van der Waals surface area (Å²) in [6.45, 7) is 2.68. The molecule has 0 bridgehead atoms. The lowest BCUT2D eigenvalue weighted by Gasteiger charge is -2.20. The molecule has 3 atom stereocenters. The average molecular weight is 854 g/mol. The summed E-state index contributed by atoms with van der Waals surface area (Å²) in [6, 6.07) is -1.53. The summed E-state index contributed by atoms with van der Waals surface area (Å²) in [4.78, 5) is 46.0. The molecule has 3 unspecified atom stereocenters. The van der Waals surface area contributed by atoms with E-state index in [4.69, 9.17) is 24.8 Å². The molecule has 0 aliphatic heterocycles. The third-order valence-corrected chi connectivity index (χ3v) is 10.8. The van der Waals surface area contributed by atoms with Crippen LogP contribution in [0.3, 0.4) is 0 Å². The van der Waals surface area contributed by atoms with Crippen molar-refractivity contribution in [1.82, 2.24) is 0 Å². The Kier molecular flexibility index (Phi) is 40.3. The smallest absolute Gasteiger partial charge is 0.472 e. The number of rotatable bonds is 43.